The average Bonchev–Trinajstić information content (AvgIpc) is 3.43. The summed E-state index contributed by atoms with van der Waals surface area (Å²) >= 11 is 0. The van der Waals surface area contributed by atoms with E-state index in [0.717, 1.165) is 73.6 Å². The molecular weight excluding hydrogens is 527 g/mol. The van der Waals surface area contributed by atoms with E-state index in [1.165, 1.54) is 0 Å². The molecule has 212 valence electrons. The number of hydrogen-bond acceptors (Lipinski definition) is 8. The molecule has 0 unspecified atom stereocenters. The number of piperazine rings is 1. The van der Waals surface area contributed by atoms with E-state index in [4.69, 9.17) is 14.3 Å². The van der Waals surface area contributed by atoms with Gasteiger partial charge < -0.3 is 24.2 Å². The molecule has 1 saturated carbocycles. The van der Waals surface area contributed by atoms with Gasteiger partial charge in [-0.3, -0.25) is 14.0 Å². The van der Waals surface area contributed by atoms with Crippen LogP contribution in [0.15, 0.2) is 53.4 Å². The van der Waals surface area contributed by atoms with Crippen molar-refractivity contribution in [1.29, 1.82) is 0 Å². The van der Waals surface area contributed by atoms with Crippen molar-refractivity contribution in [2.24, 2.45) is 0 Å². The molecule has 11 nitrogen and oxygen atoms in total. The Hall–Kier alpha value is -3.62. The normalized spacial score (nSPS) is 16.1. The minimum Gasteiger partial charge on any atom is -0.621 e. The number of pyridine rings is 1. The van der Waals surface area contributed by atoms with Crippen LogP contribution in [0, 0.1) is 6.92 Å². The van der Waals surface area contributed by atoms with Gasteiger partial charge in [-0.2, -0.15) is 5.10 Å². The molecule has 1 aliphatic carbocycles. The molecule has 1 aromatic carbocycles. The number of hydrogen-bond donors (Lipinski definition) is 0. The van der Waals surface area contributed by atoms with Crippen molar-refractivity contribution in [3.63, 3.8) is 0 Å². The second-order valence-corrected chi connectivity index (χ2v) is 11.0. The minimum absolute atomic E-state index is 0. The fraction of sp³-hybridized carbons (Fsp3) is 0.400. The van der Waals surface area contributed by atoms with E-state index in [0.29, 0.717) is 42.0 Å². The Labute approximate surface area is 256 Å². The maximum Gasteiger partial charge on any atom is 1.00 e. The summed E-state index contributed by atoms with van der Waals surface area (Å²) in [6, 6.07) is 9.55. The zero-order valence-corrected chi connectivity index (χ0v) is 24.4. The third-order valence-electron chi connectivity index (χ3n) is 7.92. The maximum atomic E-state index is 13.5. The van der Waals surface area contributed by atoms with Gasteiger partial charge in [-0.25, -0.2) is 9.97 Å². The molecule has 5 heterocycles. The summed E-state index contributed by atoms with van der Waals surface area (Å²) in [5.74, 6) is 1.39. The number of carbonyl (C=O) groups excluding carboxylic acids is 1. The number of aromatic nitrogens is 5. The van der Waals surface area contributed by atoms with Crippen LogP contribution in [0.25, 0.3) is 21.9 Å². The van der Waals surface area contributed by atoms with Gasteiger partial charge in [-0.15, -0.1) is 5.69 Å². The molecule has 0 spiro atoms. The molecule has 4 aromatic heterocycles. The predicted molar refractivity (Wildman–Crippen MR) is 154 cm³/mol. The van der Waals surface area contributed by atoms with E-state index >= 15 is 0 Å². The van der Waals surface area contributed by atoms with Gasteiger partial charge in [-0.05, 0) is 32.0 Å². The number of aryl methyl sites for hydroxylation is 1. The molecule has 0 N–H and O–H groups in total. The molecule has 42 heavy (non-hydrogen) atoms. The summed E-state index contributed by atoms with van der Waals surface area (Å²) < 4.78 is 15.1. The molecule has 0 bridgehead atoms. The number of likely N-dealkylation sites (N-methyl/N-ethyl adjacent to an activating group) is 1. The Balaban J connectivity index is 0.00000316. The van der Waals surface area contributed by atoms with E-state index in [1.54, 1.807) is 16.9 Å². The van der Waals surface area contributed by atoms with Crippen molar-refractivity contribution in [3.8, 4) is 5.75 Å². The first kappa shape index (κ1) is 28.5. The molecule has 1 amide bonds. The molecule has 2 aliphatic rings. The van der Waals surface area contributed by atoms with Crippen LogP contribution in [0.3, 0.4) is 0 Å². The van der Waals surface area contributed by atoms with Crippen LogP contribution in [0.4, 0.5) is 5.69 Å². The summed E-state index contributed by atoms with van der Waals surface area (Å²) in [6.45, 7) is 8.11. The van der Waals surface area contributed by atoms with Crippen molar-refractivity contribution in [3.05, 3.63) is 77.3 Å². The fourth-order valence-corrected chi connectivity index (χ4v) is 5.47. The standard InChI is InChI=1S/C30H34N8O3.Li/c1-20-32-22(19-41-20)18-38-25-5-3-4-24(28(25)29(34-38)21-6-7-21)33-30(39)26-17-31-27-16-23(8-9-37(26)27)40-15-14-36-12-10-35(2)11-13-36;/h3-5,8-9,16-17,19,21H,6-7,10-15,18H2,1-2H3,(H,33,34,39);/q;+1/p-1. The largest absolute Gasteiger partial charge is 1.00 e. The third-order valence-corrected chi connectivity index (χ3v) is 7.92. The molecule has 7 rings (SSSR count). The number of carbonyl (C=O) groups is 1. The van der Waals surface area contributed by atoms with Gasteiger partial charge >= 0.3 is 18.9 Å². The van der Waals surface area contributed by atoms with Gasteiger partial charge in [-0.1, -0.05) is 12.1 Å². The Bertz CT molecular complexity index is 1710. The second-order valence-electron chi connectivity index (χ2n) is 11.0. The van der Waals surface area contributed by atoms with Gasteiger partial charge in [0.1, 0.15) is 35.9 Å². The summed E-state index contributed by atoms with van der Waals surface area (Å²) in [5.41, 5.74) is 4.39. The van der Waals surface area contributed by atoms with Crippen molar-refractivity contribution in [2.45, 2.75) is 32.2 Å². The number of imidazole rings is 1. The summed E-state index contributed by atoms with van der Waals surface area (Å²) in [4.78, 5) is 27.1. The van der Waals surface area contributed by atoms with Gasteiger partial charge in [0, 0.05) is 63.2 Å². The van der Waals surface area contributed by atoms with Crippen molar-refractivity contribution in [2.75, 3.05) is 46.4 Å². The van der Waals surface area contributed by atoms with E-state index in [9.17, 15) is 4.79 Å². The number of rotatable bonds is 9. The number of ether oxygens (including phenoxy) is 1. The van der Waals surface area contributed by atoms with E-state index in [-0.39, 0.29) is 24.8 Å². The molecule has 1 saturated heterocycles. The van der Waals surface area contributed by atoms with E-state index in [2.05, 4.69) is 32.1 Å². The van der Waals surface area contributed by atoms with E-state index in [1.807, 2.05) is 48.1 Å². The Kier molecular flexibility index (Phi) is 8.10. The fourth-order valence-electron chi connectivity index (χ4n) is 5.47. The van der Waals surface area contributed by atoms with E-state index < -0.39 is 0 Å². The molecule has 2 fully saturated rings. The molecular formula is C30H33LiN8O3. The van der Waals surface area contributed by atoms with Gasteiger partial charge in [0.2, 0.25) is 0 Å². The van der Waals surface area contributed by atoms with Crippen molar-refractivity contribution in [1.82, 2.24) is 33.9 Å². The SMILES string of the molecule is Cc1nc(Cn2nc(C3CC3)c3c([N-]C(=O)c4cnc5cc(OCCN6CCN(C)CC6)ccn45)cccc32)co1.[Li+]. The number of benzene rings is 1. The number of nitrogens with zero attached hydrogens (tertiary/aromatic N) is 8. The smallest absolute Gasteiger partial charge is 0.621 e. The zero-order valence-electron chi connectivity index (χ0n) is 24.4. The first-order valence-electron chi connectivity index (χ1n) is 14.2. The summed E-state index contributed by atoms with van der Waals surface area (Å²) in [7, 11) is 2.16. The molecule has 12 heteroatoms. The van der Waals surface area contributed by atoms with Crippen LogP contribution in [0.2, 0.25) is 0 Å². The Morgan fingerprint density at radius 1 is 1.17 bits per heavy atom. The van der Waals surface area contributed by atoms with Gasteiger partial charge in [0.15, 0.2) is 5.89 Å². The van der Waals surface area contributed by atoms with Crippen molar-refractivity contribution < 1.29 is 32.8 Å². The van der Waals surface area contributed by atoms with Crippen LogP contribution in [-0.4, -0.2) is 86.2 Å². The molecule has 0 atom stereocenters. The monoisotopic (exact) mass is 560 g/mol. The van der Waals surface area contributed by atoms with Gasteiger partial charge in [0.25, 0.3) is 0 Å². The van der Waals surface area contributed by atoms with Crippen LogP contribution >= 0.6 is 0 Å². The summed E-state index contributed by atoms with van der Waals surface area (Å²) in [6.07, 6.45) is 7.24. The second kappa shape index (κ2) is 11.9. The Morgan fingerprint density at radius 3 is 2.76 bits per heavy atom. The van der Waals surface area contributed by atoms with Crippen LogP contribution < -0.4 is 23.6 Å². The average molecular weight is 561 g/mol. The third kappa shape index (κ3) is 5.83. The molecule has 1 aliphatic heterocycles. The topological polar surface area (TPSA) is 108 Å². The zero-order chi connectivity index (χ0) is 27.9. The number of oxazole rings is 1. The van der Waals surface area contributed by atoms with Gasteiger partial charge in [0.05, 0.1) is 29.6 Å². The van der Waals surface area contributed by atoms with Crippen LogP contribution in [0.5, 0.6) is 5.75 Å². The van der Waals surface area contributed by atoms with Crippen LogP contribution in [-0.2, 0) is 6.54 Å². The first-order valence-corrected chi connectivity index (χ1v) is 14.2. The minimum atomic E-state index is -0.352. The molecule has 0 radical (unpaired) electrons. The predicted octanol–water partition coefficient (Wildman–Crippen LogP) is 1.38. The number of amides is 1. The summed E-state index contributed by atoms with van der Waals surface area (Å²) in [5, 5.41) is 10.4. The van der Waals surface area contributed by atoms with Crippen LogP contribution in [0.1, 0.15) is 46.5 Å². The molecule has 5 aromatic rings. The first-order chi connectivity index (χ1) is 20.0. The van der Waals surface area contributed by atoms with Crippen molar-refractivity contribution >= 4 is 28.1 Å². The number of fused-ring (bicyclic) bond motifs is 2. The maximum absolute atomic E-state index is 13.5. The quantitative estimate of drug-likeness (QED) is 0.249. The Morgan fingerprint density at radius 2 is 2.00 bits per heavy atom.